The van der Waals surface area contributed by atoms with Crippen molar-refractivity contribution < 1.29 is 4.39 Å². The molecule has 62 valence electrons. The van der Waals surface area contributed by atoms with Crippen LogP contribution in [0.15, 0.2) is 24.3 Å². The fraction of sp³-hybridized carbons (Fsp3) is 0.111. The van der Waals surface area contributed by atoms with Crippen molar-refractivity contribution >= 4 is 21.4 Å². The molecule has 1 heterocycles. The van der Waals surface area contributed by atoms with Crippen LogP contribution < -0.4 is 5.73 Å². The standard InChI is InChI=1S/C9H8FNS/c10-8-2-1-3-9-7(8)4-6(5-11)12-9/h1-4H,5,11H2. The van der Waals surface area contributed by atoms with Gasteiger partial charge in [0.25, 0.3) is 0 Å². The second-order valence-electron chi connectivity index (χ2n) is 2.57. The van der Waals surface area contributed by atoms with E-state index in [0.29, 0.717) is 11.9 Å². The van der Waals surface area contributed by atoms with Crippen LogP contribution in [0.5, 0.6) is 0 Å². The molecule has 12 heavy (non-hydrogen) atoms. The van der Waals surface area contributed by atoms with Gasteiger partial charge in [-0.25, -0.2) is 4.39 Å². The lowest BCUT2D eigenvalue weighted by atomic mass is 10.2. The summed E-state index contributed by atoms with van der Waals surface area (Å²) in [6.07, 6.45) is 0. The van der Waals surface area contributed by atoms with Gasteiger partial charge < -0.3 is 5.73 Å². The molecule has 0 aliphatic carbocycles. The summed E-state index contributed by atoms with van der Waals surface area (Å²) in [7, 11) is 0. The van der Waals surface area contributed by atoms with Gasteiger partial charge in [-0.1, -0.05) is 6.07 Å². The molecule has 0 atom stereocenters. The second kappa shape index (κ2) is 2.84. The van der Waals surface area contributed by atoms with Crippen LogP contribution in [0.1, 0.15) is 4.88 Å². The molecule has 2 aromatic rings. The van der Waals surface area contributed by atoms with Crippen LogP contribution in [0.2, 0.25) is 0 Å². The van der Waals surface area contributed by atoms with Crippen LogP contribution in [0.3, 0.4) is 0 Å². The fourth-order valence-electron chi connectivity index (χ4n) is 1.18. The van der Waals surface area contributed by atoms with Gasteiger partial charge in [-0.15, -0.1) is 11.3 Å². The summed E-state index contributed by atoms with van der Waals surface area (Å²) < 4.78 is 14.1. The number of benzene rings is 1. The maximum atomic E-state index is 13.1. The minimum atomic E-state index is -0.163. The summed E-state index contributed by atoms with van der Waals surface area (Å²) in [6.45, 7) is 0.485. The molecule has 2 N–H and O–H groups in total. The molecule has 0 radical (unpaired) electrons. The van der Waals surface area contributed by atoms with E-state index in [1.165, 1.54) is 6.07 Å². The molecule has 0 spiro atoms. The molecule has 0 aliphatic rings. The Kier molecular flexibility index (Phi) is 1.83. The third-order valence-corrected chi connectivity index (χ3v) is 2.88. The summed E-state index contributed by atoms with van der Waals surface area (Å²) in [4.78, 5) is 1.02. The lowest BCUT2D eigenvalue weighted by Gasteiger charge is -1.88. The molecule has 1 aromatic carbocycles. The predicted molar refractivity (Wildman–Crippen MR) is 49.7 cm³/mol. The number of hydrogen-bond donors (Lipinski definition) is 1. The zero-order valence-electron chi connectivity index (χ0n) is 6.38. The second-order valence-corrected chi connectivity index (χ2v) is 3.74. The third kappa shape index (κ3) is 1.11. The number of nitrogens with two attached hydrogens (primary N) is 1. The fourth-order valence-corrected chi connectivity index (χ4v) is 2.13. The normalized spacial score (nSPS) is 10.8. The summed E-state index contributed by atoms with van der Waals surface area (Å²) in [5.74, 6) is -0.163. The van der Waals surface area contributed by atoms with Gasteiger partial charge in [0.05, 0.1) is 0 Å². The lowest BCUT2D eigenvalue weighted by Crippen LogP contribution is -1.91. The van der Waals surface area contributed by atoms with Crippen molar-refractivity contribution in [3.63, 3.8) is 0 Å². The number of fused-ring (bicyclic) bond motifs is 1. The van der Waals surface area contributed by atoms with Gasteiger partial charge in [-0.3, -0.25) is 0 Å². The van der Waals surface area contributed by atoms with Gasteiger partial charge in [0.15, 0.2) is 0 Å². The number of hydrogen-bond acceptors (Lipinski definition) is 2. The Bertz CT molecular complexity index is 408. The Balaban J connectivity index is 2.74. The molecular formula is C9H8FNS. The largest absolute Gasteiger partial charge is 0.326 e. The Morgan fingerprint density at radius 1 is 1.42 bits per heavy atom. The first-order chi connectivity index (χ1) is 5.81. The van der Waals surface area contributed by atoms with Crippen molar-refractivity contribution in [1.29, 1.82) is 0 Å². The Morgan fingerprint density at radius 2 is 2.25 bits per heavy atom. The van der Waals surface area contributed by atoms with Crippen molar-refractivity contribution in [3.8, 4) is 0 Å². The first-order valence-electron chi connectivity index (χ1n) is 3.68. The summed E-state index contributed by atoms with van der Waals surface area (Å²) in [5, 5.41) is 0.683. The summed E-state index contributed by atoms with van der Waals surface area (Å²) in [5.41, 5.74) is 5.45. The minimum Gasteiger partial charge on any atom is -0.326 e. The van der Waals surface area contributed by atoms with Crippen molar-refractivity contribution in [2.45, 2.75) is 6.54 Å². The summed E-state index contributed by atoms with van der Waals surface area (Å²) in [6, 6.07) is 6.90. The van der Waals surface area contributed by atoms with E-state index in [-0.39, 0.29) is 5.82 Å². The molecule has 0 fully saturated rings. The van der Waals surface area contributed by atoms with Gasteiger partial charge in [-0.2, -0.15) is 0 Å². The van der Waals surface area contributed by atoms with E-state index in [9.17, 15) is 4.39 Å². The monoisotopic (exact) mass is 181 g/mol. The molecule has 2 rings (SSSR count). The van der Waals surface area contributed by atoms with Crippen LogP contribution in [0.4, 0.5) is 4.39 Å². The first kappa shape index (κ1) is 7.71. The van der Waals surface area contributed by atoms with E-state index in [0.717, 1.165) is 9.58 Å². The highest BCUT2D eigenvalue weighted by Gasteiger charge is 2.03. The van der Waals surface area contributed by atoms with Gasteiger partial charge in [-0.05, 0) is 18.2 Å². The van der Waals surface area contributed by atoms with Gasteiger partial charge in [0.2, 0.25) is 0 Å². The van der Waals surface area contributed by atoms with Crippen LogP contribution in [-0.2, 0) is 6.54 Å². The van der Waals surface area contributed by atoms with E-state index in [1.807, 2.05) is 12.1 Å². The van der Waals surface area contributed by atoms with Crippen molar-refractivity contribution in [2.24, 2.45) is 5.73 Å². The smallest absolute Gasteiger partial charge is 0.131 e. The quantitative estimate of drug-likeness (QED) is 0.718. The van der Waals surface area contributed by atoms with E-state index >= 15 is 0 Å². The third-order valence-electron chi connectivity index (χ3n) is 1.76. The first-order valence-corrected chi connectivity index (χ1v) is 4.50. The van der Waals surface area contributed by atoms with E-state index < -0.39 is 0 Å². The zero-order chi connectivity index (χ0) is 8.55. The van der Waals surface area contributed by atoms with Crippen LogP contribution in [0.25, 0.3) is 10.1 Å². The van der Waals surface area contributed by atoms with Crippen LogP contribution in [0, 0.1) is 5.82 Å². The van der Waals surface area contributed by atoms with Gasteiger partial charge in [0, 0.05) is 21.5 Å². The highest BCUT2D eigenvalue weighted by molar-refractivity contribution is 7.19. The van der Waals surface area contributed by atoms with Gasteiger partial charge in [0.1, 0.15) is 5.82 Å². The number of thiophene rings is 1. The molecule has 1 nitrogen and oxygen atoms in total. The molecular weight excluding hydrogens is 173 g/mol. The van der Waals surface area contributed by atoms with E-state index in [4.69, 9.17) is 5.73 Å². The number of rotatable bonds is 1. The van der Waals surface area contributed by atoms with Crippen LogP contribution in [-0.4, -0.2) is 0 Å². The topological polar surface area (TPSA) is 26.0 Å². The predicted octanol–water partition coefficient (Wildman–Crippen LogP) is 2.50. The molecule has 0 saturated heterocycles. The average molecular weight is 181 g/mol. The maximum absolute atomic E-state index is 13.1. The van der Waals surface area contributed by atoms with Crippen molar-refractivity contribution in [1.82, 2.24) is 0 Å². The Labute approximate surface area is 73.6 Å². The molecule has 0 amide bonds. The van der Waals surface area contributed by atoms with Crippen LogP contribution >= 0.6 is 11.3 Å². The molecule has 3 heteroatoms. The zero-order valence-corrected chi connectivity index (χ0v) is 7.20. The minimum absolute atomic E-state index is 0.163. The lowest BCUT2D eigenvalue weighted by molar-refractivity contribution is 0.640. The maximum Gasteiger partial charge on any atom is 0.131 e. The van der Waals surface area contributed by atoms with Crippen molar-refractivity contribution in [2.75, 3.05) is 0 Å². The molecule has 0 unspecified atom stereocenters. The molecule has 1 aromatic heterocycles. The van der Waals surface area contributed by atoms with E-state index in [2.05, 4.69) is 0 Å². The Morgan fingerprint density at radius 3 is 2.92 bits per heavy atom. The molecule has 0 aliphatic heterocycles. The van der Waals surface area contributed by atoms with E-state index in [1.54, 1.807) is 17.4 Å². The SMILES string of the molecule is NCc1cc2c(F)cccc2s1. The highest BCUT2D eigenvalue weighted by atomic mass is 32.1. The summed E-state index contributed by atoms with van der Waals surface area (Å²) >= 11 is 1.55. The molecule has 0 saturated carbocycles. The Hall–Kier alpha value is -0.930. The number of halogens is 1. The highest BCUT2D eigenvalue weighted by Crippen LogP contribution is 2.26. The molecule has 0 bridgehead atoms. The van der Waals surface area contributed by atoms with Gasteiger partial charge >= 0.3 is 0 Å². The average Bonchev–Trinajstić information content (AvgIpc) is 2.49. The van der Waals surface area contributed by atoms with Crippen molar-refractivity contribution in [3.05, 3.63) is 35.0 Å².